The molecule has 2 rings (SSSR count). The summed E-state index contributed by atoms with van der Waals surface area (Å²) < 4.78 is 1.80. The maximum Gasteiger partial charge on any atom is 0.259 e. The first-order valence-corrected chi connectivity index (χ1v) is 6.75. The predicted molar refractivity (Wildman–Crippen MR) is 71.6 cm³/mol. The molecule has 0 aliphatic rings. The fourth-order valence-electron chi connectivity index (χ4n) is 1.65. The standard InChI is InChI=1S/C11H11NO2S.C2H6/c1-12-6-5-9(15-2)7-3-4-8(13)11(14)10(7)12;1-2/h3-6,14H,1-2H3;1-2H3/p+1. The van der Waals surface area contributed by atoms with Crippen LogP contribution in [-0.2, 0) is 7.05 Å². The van der Waals surface area contributed by atoms with Crippen LogP contribution in [-0.4, -0.2) is 16.5 Å². The molecule has 3 nitrogen and oxygen atoms in total. The first-order chi connectivity index (χ1) is 8.15. The van der Waals surface area contributed by atoms with Crippen molar-refractivity contribution in [2.24, 2.45) is 7.05 Å². The average Bonchev–Trinajstić information content (AvgIpc) is 2.36. The van der Waals surface area contributed by atoms with E-state index >= 15 is 0 Å². The number of benzene rings is 1. The molecule has 1 aromatic heterocycles. The predicted octanol–water partition coefficient (Wildman–Crippen LogP) is 2.82. The van der Waals surface area contributed by atoms with Crippen LogP contribution in [0.5, 0.6) is 11.5 Å². The number of rotatable bonds is 1. The van der Waals surface area contributed by atoms with Gasteiger partial charge in [0, 0.05) is 11.0 Å². The normalized spacial score (nSPS) is 9.88. The lowest BCUT2D eigenvalue weighted by Gasteiger charge is -2.04. The maximum absolute atomic E-state index is 9.78. The van der Waals surface area contributed by atoms with Crippen LogP contribution >= 0.6 is 11.8 Å². The quantitative estimate of drug-likeness (QED) is 0.466. The molecule has 92 valence electrons. The number of fused-ring (bicyclic) bond motifs is 1. The summed E-state index contributed by atoms with van der Waals surface area (Å²) in [6, 6.07) is 5.32. The molecule has 0 amide bonds. The first kappa shape index (κ1) is 13.6. The third kappa shape index (κ3) is 2.47. The van der Waals surface area contributed by atoms with Gasteiger partial charge < -0.3 is 10.2 Å². The van der Waals surface area contributed by atoms with Crippen molar-refractivity contribution in [3.05, 3.63) is 24.4 Å². The lowest BCUT2D eigenvalue weighted by molar-refractivity contribution is -0.645. The number of hydrogen-bond acceptors (Lipinski definition) is 3. The van der Waals surface area contributed by atoms with Crippen molar-refractivity contribution in [1.82, 2.24) is 0 Å². The van der Waals surface area contributed by atoms with Gasteiger partial charge in [0.25, 0.3) is 5.52 Å². The lowest BCUT2D eigenvalue weighted by Crippen LogP contribution is -2.28. The maximum atomic E-state index is 9.78. The van der Waals surface area contributed by atoms with Gasteiger partial charge in [-0.2, -0.15) is 4.57 Å². The highest BCUT2D eigenvalue weighted by Gasteiger charge is 2.16. The number of thioether (sulfide) groups is 1. The molecule has 0 atom stereocenters. The molecule has 4 heteroatoms. The van der Waals surface area contributed by atoms with E-state index in [2.05, 4.69) is 0 Å². The van der Waals surface area contributed by atoms with E-state index in [4.69, 9.17) is 0 Å². The SMILES string of the molecule is CC.CSc1cc[n+](C)c2c(O)c(O)ccc12. The Hall–Kier alpha value is -1.42. The number of phenolic OH excluding ortho intramolecular Hbond substituents is 2. The molecular formula is C13H18NO2S+. The molecule has 0 bridgehead atoms. The fraction of sp³-hybridized carbons (Fsp3) is 0.308. The van der Waals surface area contributed by atoms with Crippen LogP contribution in [0.3, 0.4) is 0 Å². The molecule has 0 saturated carbocycles. The minimum absolute atomic E-state index is 0.0640. The third-order valence-corrected chi connectivity index (χ3v) is 3.21. The van der Waals surface area contributed by atoms with Crippen LogP contribution in [0.15, 0.2) is 29.3 Å². The molecule has 0 aliphatic heterocycles. The van der Waals surface area contributed by atoms with Gasteiger partial charge in [-0.3, -0.25) is 0 Å². The zero-order chi connectivity index (χ0) is 13.0. The van der Waals surface area contributed by atoms with Crippen molar-refractivity contribution in [3.8, 4) is 11.5 Å². The highest BCUT2D eigenvalue weighted by atomic mass is 32.2. The van der Waals surface area contributed by atoms with Crippen LogP contribution in [0.25, 0.3) is 10.9 Å². The van der Waals surface area contributed by atoms with E-state index in [0.29, 0.717) is 5.52 Å². The molecule has 0 aliphatic carbocycles. The van der Waals surface area contributed by atoms with Crippen LogP contribution in [0.2, 0.25) is 0 Å². The number of aryl methyl sites for hydroxylation is 1. The van der Waals surface area contributed by atoms with Crippen LogP contribution in [0.4, 0.5) is 0 Å². The summed E-state index contributed by atoms with van der Waals surface area (Å²) in [5.74, 6) is -0.151. The second kappa shape index (κ2) is 5.77. The van der Waals surface area contributed by atoms with Crippen molar-refractivity contribution < 1.29 is 14.8 Å². The monoisotopic (exact) mass is 252 g/mol. The van der Waals surface area contributed by atoms with Gasteiger partial charge in [-0.1, -0.05) is 13.8 Å². The molecule has 2 aromatic rings. The van der Waals surface area contributed by atoms with E-state index in [1.807, 2.05) is 45.5 Å². The van der Waals surface area contributed by atoms with Crippen molar-refractivity contribution in [2.45, 2.75) is 18.7 Å². The van der Waals surface area contributed by atoms with E-state index in [0.717, 1.165) is 10.3 Å². The summed E-state index contributed by atoms with van der Waals surface area (Å²) >= 11 is 1.62. The Kier molecular flexibility index (Phi) is 4.63. The zero-order valence-electron chi connectivity index (χ0n) is 10.6. The van der Waals surface area contributed by atoms with Gasteiger partial charge in [-0.25, -0.2) is 0 Å². The Morgan fingerprint density at radius 2 is 1.76 bits per heavy atom. The first-order valence-electron chi connectivity index (χ1n) is 5.52. The summed E-state index contributed by atoms with van der Waals surface area (Å²) in [5, 5.41) is 20.2. The zero-order valence-corrected chi connectivity index (χ0v) is 11.4. The Morgan fingerprint density at radius 3 is 2.35 bits per heavy atom. The average molecular weight is 252 g/mol. The summed E-state index contributed by atoms with van der Waals surface area (Å²) in [6.07, 6.45) is 3.85. The van der Waals surface area contributed by atoms with E-state index in [-0.39, 0.29) is 11.5 Å². The highest BCUT2D eigenvalue weighted by Crippen LogP contribution is 2.34. The van der Waals surface area contributed by atoms with Crippen LogP contribution in [0.1, 0.15) is 13.8 Å². The molecule has 1 aromatic carbocycles. The van der Waals surface area contributed by atoms with Crippen molar-refractivity contribution >= 4 is 22.7 Å². The number of aromatic nitrogens is 1. The molecule has 0 spiro atoms. The molecule has 2 N–H and O–H groups in total. The Bertz CT molecular complexity index is 526. The molecule has 0 saturated heterocycles. The van der Waals surface area contributed by atoms with Gasteiger partial charge >= 0.3 is 0 Å². The van der Waals surface area contributed by atoms with E-state index in [1.54, 1.807) is 16.3 Å². The second-order valence-electron chi connectivity index (χ2n) is 3.32. The van der Waals surface area contributed by atoms with Crippen LogP contribution in [0, 0.1) is 0 Å². The van der Waals surface area contributed by atoms with Crippen molar-refractivity contribution in [3.63, 3.8) is 0 Å². The van der Waals surface area contributed by atoms with E-state index < -0.39 is 0 Å². The fourth-order valence-corrected chi connectivity index (χ4v) is 2.23. The number of nitrogens with zero attached hydrogens (tertiary/aromatic N) is 1. The van der Waals surface area contributed by atoms with Gasteiger partial charge in [0.1, 0.15) is 7.05 Å². The molecule has 17 heavy (non-hydrogen) atoms. The van der Waals surface area contributed by atoms with Crippen LogP contribution < -0.4 is 4.57 Å². The van der Waals surface area contributed by atoms with Gasteiger partial charge in [0.2, 0.25) is 5.75 Å². The number of phenols is 2. The second-order valence-corrected chi connectivity index (χ2v) is 4.17. The number of pyridine rings is 1. The molecule has 0 fully saturated rings. The van der Waals surface area contributed by atoms with Gasteiger partial charge in [0.05, 0.1) is 5.39 Å². The Morgan fingerprint density at radius 1 is 1.12 bits per heavy atom. The van der Waals surface area contributed by atoms with Gasteiger partial charge in [-0.05, 0) is 18.4 Å². The third-order valence-electron chi connectivity index (χ3n) is 2.42. The lowest BCUT2D eigenvalue weighted by atomic mass is 10.2. The summed E-state index contributed by atoms with van der Waals surface area (Å²) in [4.78, 5) is 1.08. The molecular weight excluding hydrogens is 234 g/mol. The largest absolute Gasteiger partial charge is 0.504 e. The van der Waals surface area contributed by atoms with E-state index in [1.165, 1.54) is 6.07 Å². The van der Waals surface area contributed by atoms with Gasteiger partial charge in [0.15, 0.2) is 11.9 Å². The molecule has 0 unspecified atom stereocenters. The Balaban J connectivity index is 0.000000686. The number of aromatic hydroxyl groups is 2. The molecule has 1 heterocycles. The summed E-state index contributed by atoms with van der Waals surface area (Å²) in [6.45, 7) is 4.00. The van der Waals surface area contributed by atoms with Gasteiger partial charge in [-0.15, -0.1) is 11.8 Å². The van der Waals surface area contributed by atoms with Crippen molar-refractivity contribution in [1.29, 1.82) is 0 Å². The smallest absolute Gasteiger partial charge is 0.259 e. The highest BCUT2D eigenvalue weighted by molar-refractivity contribution is 7.98. The number of hydrogen-bond donors (Lipinski definition) is 2. The summed E-state index contributed by atoms with van der Waals surface area (Å²) in [7, 11) is 1.84. The summed E-state index contributed by atoms with van der Waals surface area (Å²) in [5.41, 5.74) is 0.654. The minimum atomic E-state index is -0.0867. The minimum Gasteiger partial charge on any atom is -0.504 e. The van der Waals surface area contributed by atoms with E-state index in [9.17, 15) is 10.2 Å². The molecule has 0 radical (unpaired) electrons. The Labute approximate surface area is 106 Å². The topological polar surface area (TPSA) is 44.3 Å². The van der Waals surface area contributed by atoms with Crippen molar-refractivity contribution in [2.75, 3.05) is 6.26 Å².